The standard InChI is InChI=1S/C14H24N2/c1-5-14(6-2)11-15-13(4)16-9-7-12(3)8-10-16/h5,11-12H,4,6-10H2,1-3H3/b14-5-,15-11-. The Hall–Kier alpha value is -1.05. The fraction of sp³-hybridized carbons (Fsp3) is 0.643. The number of nitrogens with zero attached hydrogens (tertiary/aromatic N) is 2. The molecule has 0 amide bonds. The minimum Gasteiger partial charge on any atom is -0.357 e. The Labute approximate surface area is 99.8 Å². The van der Waals surface area contributed by atoms with E-state index in [0.29, 0.717) is 0 Å². The van der Waals surface area contributed by atoms with Gasteiger partial charge in [0.25, 0.3) is 0 Å². The summed E-state index contributed by atoms with van der Waals surface area (Å²) in [6.45, 7) is 12.8. The number of hydrogen-bond acceptors (Lipinski definition) is 2. The van der Waals surface area contributed by atoms with Crippen molar-refractivity contribution in [2.45, 2.75) is 40.0 Å². The minimum absolute atomic E-state index is 0.856. The van der Waals surface area contributed by atoms with E-state index in [1.54, 1.807) is 0 Å². The third kappa shape index (κ3) is 3.84. The molecule has 0 aromatic carbocycles. The zero-order valence-electron chi connectivity index (χ0n) is 10.9. The maximum absolute atomic E-state index is 4.45. The molecule has 0 N–H and O–H groups in total. The van der Waals surface area contributed by atoms with Gasteiger partial charge in [-0.15, -0.1) is 0 Å². The molecule has 0 aromatic rings. The van der Waals surface area contributed by atoms with Gasteiger partial charge in [0, 0.05) is 19.3 Å². The first-order valence-corrected chi connectivity index (χ1v) is 6.30. The van der Waals surface area contributed by atoms with E-state index in [9.17, 15) is 0 Å². The summed E-state index contributed by atoms with van der Waals surface area (Å²) in [6.07, 6.45) is 7.61. The monoisotopic (exact) mass is 220 g/mol. The van der Waals surface area contributed by atoms with E-state index in [0.717, 1.165) is 31.2 Å². The number of hydrogen-bond donors (Lipinski definition) is 0. The smallest absolute Gasteiger partial charge is 0.121 e. The summed E-state index contributed by atoms with van der Waals surface area (Å²) in [5.74, 6) is 1.77. The van der Waals surface area contributed by atoms with E-state index in [4.69, 9.17) is 0 Å². The van der Waals surface area contributed by atoms with Gasteiger partial charge in [0.1, 0.15) is 5.82 Å². The van der Waals surface area contributed by atoms with Crippen LogP contribution in [-0.2, 0) is 0 Å². The third-order valence-corrected chi connectivity index (χ3v) is 3.31. The highest BCUT2D eigenvalue weighted by Crippen LogP contribution is 2.19. The summed E-state index contributed by atoms with van der Waals surface area (Å²) in [4.78, 5) is 6.74. The van der Waals surface area contributed by atoms with Crippen LogP contribution in [0.3, 0.4) is 0 Å². The van der Waals surface area contributed by atoms with Crippen molar-refractivity contribution in [1.29, 1.82) is 0 Å². The van der Waals surface area contributed by atoms with E-state index in [2.05, 4.69) is 43.3 Å². The lowest BCUT2D eigenvalue weighted by Crippen LogP contribution is -2.31. The molecule has 90 valence electrons. The summed E-state index contributed by atoms with van der Waals surface area (Å²) in [6, 6.07) is 0. The van der Waals surface area contributed by atoms with Gasteiger partial charge >= 0.3 is 0 Å². The Kier molecular flexibility index (Phi) is 5.30. The predicted molar refractivity (Wildman–Crippen MR) is 71.7 cm³/mol. The number of likely N-dealkylation sites (tertiary alicyclic amines) is 1. The summed E-state index contributed by atoms with van der Waals surface area (Å²) < 4.78 is 0. The van der Waals surface area contributed by atoms with Crippen LogP contribution < -0.4 is 0 Å². The SMILES string of the molecule is C=C(/N=C\C(=C/C)CC)N1CCC(C)CC1. The van der Waals surface area contributed by atoms with E-state index in [1.165, 1.54) is 18.4 Å². The summed E-state index contributed by atoms with van der Waals surface area (Å²) in [7, 11) is 0. The van der Waals surface area contributed by atoms with E-state index in [1.807, 2.05) is 6.21 Å². The van der Waals surface area contributed by atoms with Crippen molar-refractivity contribution < 1.29 is 0 Å². The lowest BCUT2D eigenvalue weighted by Gasteiger charge is -2.31. The van der Waals surface area contributed by atoms with Gasteiger partial charge in [-0.2, -0.15) is 0 Å². The summed E-state index contributed by atoms with van der Waals surface area (Å²) in [5.41, 5.74) is 1.27. The molecule has 0 unspecified atom stereocenters. The molecule has 1 aliphatic heterocycles. The van der Waals surface area contributed by atoms with Gasteiger partial charge in [-0.1, -0.05) is 26.5 Å². The number of piperidine rings is 1. The van der Waals surface area contributed by atoms with Gasteiger partial charge < -0.3 is 4.90 Å². The quantitative estimate of drug-likeness (QED) is 0.661. The van der Waals surface area contributed by atoms with Crippen LogP contribution in [0.2, 0.25) is 0 Å². The molecule has 1 saturated heterocycles. The van der Waals surface area contributed by atoms with Crippen molar-refractivity contribution >= 4 is 6.21 Å². The molecule has 2 nitrogen and oxygen atoms in total. The molecule has 0 atom stereocenters. The van der Waals surface area contributed by atoms with Crippen molar-refractivity contribution in [3.63, 3.8) is 0 Å². The maximum atomic E-state index is 4.45. The predicted octanol–water partition coefficient (Wildman–Crippen LogP) is 3.62. The molecular weight excluding hydrogens is 196 g/mol. The molecule has 1 rings (SSSR count). The second-order valence-corrected chi connectivity index (χ2v) is 4.56. The lowest BCUT2D eigenvalue weighted by atomic mass is 9.99. The van der Waals surface area contributed by atoms with Crippen LogP contribution in [0.4, 0.5) is 0 Å². The van der Waals surface area contributed by atoms with E-state index in [-0.39, 0.29) is 0 Å². The molecule has 16 heavy (non-hydrogen) atoms. The first-order valence-electron chi connectivity index (χ1n) is 6.30. The van der Waals surface area contributed by atoms with Gasteiger partial charge in [0.2, 0.25) is 0 Å². The number of allylic oxidation sites excluding steroid dienone is 2. The van der Waals surface area contributed by atoms with Crippen molar-refractivity contribution in [3.8, 4) is 0 Å². The Bertz CT molecular complexity index is 281. The van der Waals surface area contributed by atoms with Crippen LogP contribution in [0.5, 0.6) is 0 Å². The average molecular weight is 220 g/mol. The van der Waals surface area contributed by atoms with Crippen LogP contribution in [0.1, 0.15) is 40.0 Å². The lowest BCUT2D eigenvalue weighted by molar-refractivity contribution is 0.237. The molecule has 0 spiro atoms. The number of rotatable bonds is 4. The van der Waals surface area contributed by atoms with Gasteiger partial charge in [-0.05, 0) is 37.7 Å². The zero-order valence-corrected chi connectivity index (χ0v) is 10.9. The Morgan fingerprint density at radius 2 is 2.06 bits per heavy atom. The largest absolute Gasteiger partial charge is 0.357 e. The molecule has 0 radical (unpaired) electrons. The highest BCUT2D eigenvalue weighted by molar-refractivity contribution is 5.78. The zero-order chi connectivity index (χ0) is 12.0. The van der Waals surface area contributed by atoms with Crippen molar-refractivity contribution in [1.82, 2.24) is 4.90 Å². The van der Waals surface area contributed by atoms with Crippen LogP contribution in [0.25, 0.3) is 0 Å². The van der Waals surface area contributed by atoms with E-state index >= 15 is 0 Å². The fourth-order valence-electron chi connectivity index (χ4n) is 1.88. The molecule has 1 aliphatic rings. The number of aliphatic imine (C=N–C) groups is 1. The van der Waals surface area contributed by atoms with Crippen molar-refractivity contribution in [2.75, 3.05) is 13.1 Å². The molecular formula is C14H24N2. The Morgan fingerprint density at radius 3 is 2.56 bits per heavy atom. The highest BCUT2D eigenvalue weighted by atomic mass is 15.2. The molecule has 0 bridgehead atoms. The van der Waals surface area contributed by atoms with Crippen molar-refractivity contribution in [3.05, 3.63) is 24.0 Å². The highest BCUT2D eigenvalue weighted by Gasteiger charge is 2.15. The second-order valence-electron chi connectivity index (χ2n) is 4.56. The first kappa shape index (κ1) is 13.0. The molecule has 0 saturated carbocycles. The molecule has 0 aromatic heterocycles. The second kappa shape index (κ2) is 6.51. The van der Waals surface area contributed by atoms with Gasteiger partial charge in [0.05, 0.1) is 0 Å². The minimum atomic E-state index is 0.856. The van der Waals surface area contributed by atoms with E-state index < -0.39 is 0 Å². The van der Waals surface area contributed by atoms with Gasteiger partial charge in [-0.25, -0.2) is 4.99 Å². The van der Waals surface area contributed by atoms with Crippen molar-refractivity contribution in [2.24, 2.45) is 10.9 Å². The molecule has 1 fully saturated rings. The molecule has 1 heterocycles. The van der Waals surface area contributed by atoms with Crippen LogP contribution in [0.15, 0.2) is 29.0 Å². The van der Waals surface area contributed by atoms with Crippen LogP contribution >= 0.6 is 0 Å². The maximum Gasteiger partial charge on any atom is 0.121 e. The fourth-order valence-corrected chi connectivity index (χ4v) is 1.88. The van der Waals surface area contributed by atoms with Crippen LogP contribution in [-0.4, -0.2) is 24.2 Å². The van der Waals surface area contributed by atoms with Gasteiger partial charge in [0.15, 0.2) is 0 Å². The topological polar surface area (TPSA) is 15.6 Å². The molecule has 2 heteroatoms. The van der Waals surface area contributed by atoms with Gasteiger partial charge in [-0.3, -0.25) is 0 Å². The first-order chi connectivity index (χ1) is 7.67. The normalized spacial score (nSPS) is 19.4. The summed E-state index contributed by atoms with van der Waals surface area (Å²) >= 11 is 0. The Balaban J connectivity index is 2.46. The molecule has 0 aliphatic carbocycles. The Morgan fingerprint density at radius 1 is 1.44 bits per heavy atom. The third-order valence-electron chi connectivity index (χ3n) is 3.31. The average Bonchev–Trinajstić information content (AvgIpc) is 2.31. The van der Waals surface area contributed by atoms with Crippen LogP contribution in [0, 0.1) is 5.92 Å². The summed E-state index contributed by atoms with van der Waals surface area (Å²) in [5, 5.41) is 0.